The van der Waals surface area contributed by atoms with Gasteiger partial charge in [-0.2, -0.15) is 0 Å². The Morgan fingerprint density at radius 3 is 1.21 bits per heavy atom. The van der Waals surface area contributed by atoms with Gasteiger partial charge in [0, 0.05) is 6.42 Å². The van der Waals surface area contributed by atoms with Gasteiger partial charge in [0.15, 0.2) is 6.29 Å². The predicted octanol–water partition coefficient (Wildman–Crippen LogP) is 16.8. The van der Waals surface area contributed by atoms with Crippen LogP contribution in [-0.4, -0.2) is 87.5 Å². The molecule has 76 heavy (non-hydrogen) atoms. The number of carbonyl (C=O) groups excluding carboxylic acids is 1. The van der Waals surface area contributed by atoms with E-state index in [9.17, 15) is 30.3 Å². The summed E-state index contributed by atoms with van der Waals surface area (Å²) in [7, 11) is 0. The van der Waals surface area contributed by atoms with Crippen LogP contribution in [0.5, 0.6) is 0 Å². The van der Waals surface area contributed by atoms with Crippen molar-refractivity contribution in [3.63, 3.8) is 0 Å². The van der Waals surface area contributed by atoms with Crippen LogP contribution in [0.1, 0.15) is 290 Å². The largest absolute Gasteiger partial charge is 0.394 e. The fourth-order valence-electron chi connectivity index (χ4n) is 10.0. The number of carbonyl (C=O) groups is 1. The van der Waals surface area contributed by atoms with Gasteiger partial charge >= 0.3 is 0 Å². The predicted molar refractivity (Wildman–Crippen MR) is 322 cm³/mol. The van der Waals surface area contributed by atoms with Crippen LogP contribution in [0.15, 0.2) is 72.9 Å². The zero-order valence-electron chi connectivity index (χ0n) is 49.3. The maximum Gasteiger partial charge on any atom is 0.220 e. The van der Waals surface area contributed by atoms with Gasteiger partial charge in [-0.15, -0.1) is 0 Å². The molecule has 0 aromatic carbocycles. The average molecular weight is 1070 g/mol. The van der Waals surface area contributed by atoms with Crippen LogP contribution in [0.3, 0.4) is 0 Å². The quantitative estimate of drug-likeness (QED) is 0.0261. The van der Waals surface area contributed by atoms with Gasteiger partial charge in [0.25, 0.3) is 0 Å². The molecule has 1 aliphatic heterocycles. The number of amides is 1. The highest BCUT2D eigenvalue weighted by Crippen LogP contribution is 2.23. The van der Waals surface area contributed by atoms with E-state index in [0.29, 0.717) is 6.42 Å². The molecule has 0 aromatic heterocycles. The Kier molecular flexibility index (Phi) is 52.7. The molecule has 0 radical (unpaired) electrons. The minimum Gasteiger partial charge on any atom is -0.394 e. The van der Waals surface area contributed by atoms with E-state index in [-0.39, 0.29) is 12.5 Å². The Labute approximate surface area is 468 Å². The third-order valence-corrected chi connectivity index (χ3v) is 15.0. The lowest BCUT2D eigenvalue weighted by atomic mass is 9.99. The molecule has 0 saturated carbocycles. The van der Waals surface area contributed by atoms with Crippen LogP contribution in [0.25, 0.3) is 0 Å². The van der Waals surface area contributed by atoms with Crippen molar-refractivity contribution in [2.75, 3.05) is 13.2 Å². The lowest BCUT2D eigenvalue weighted by Crippen LogP contribution is -2.60. The van der Waals surface area contributed by atoms with Gasteiger partial charge in [0.2, 0.25) is 5.91 Å². The van der Waals surface area contributed by atoms with Crippen LogP contribution in [0.2, 0.25) is 0 Å². The van der Waals surface area contributed by atoms with Crippen LogP contribution in [0.4, 0.5) is 0 Å². The van der Waals surface area contributed by atoms with Gasteiger partial charge in [-0.05, 0) is 64.2 Å². The van der Waals surface area contributed by atoms with E-state index >= 15 is 0 Å². The monoisotopic (exact) mass is 1070 g/mol. The highest BCUT2D eigenvalue weighted by molar-refractivity contribution is 5.76. The van der Waals surface area contributed by atoms with E-state index < -0.39 is 49.5 Å². The molecular weight excluding hydrogens is 947 g/mol. The lowest BCUT2D eigenvalue weighted by Gasteiger charge is -2.40. The zero-order chi connectivity index (χ0) is 55.0. The number of unbranched alkanes of at least 4 members (excludes halogenated alkanes) is 35. The SMILES string of the molecule is CC/C=C\C/C=C\C/C=C\C/C=C\C/C=C\CCCCCCCC(=O)NC(COC1OC(CO)C(O)C(O)C1O)C(O)/C=C/CCCCCCCCCCCCCCCCCCCCCCCCCCCCCCCC. The minimum atomic E-state index is -1.58. The Morgan fingerprint density at radius 2 is 0.816 bits per heavy atom. The van der Waals surface area contributed by atoms with E-state index in [4.69, 9.17) is 9.47 Å². The second-order valence-electron chi connectivity index (χ2n) is 22.2. The molecule has 0 bridgehead atoms. The number of hydrogen-bond acceptors (Lipinski definition) is 8. The molecule has 7 atom stereocenters. The molecule has 6 N–H and O–H groups in total. The molecule has 0 aliphatic carbocycles. The van der Waals surface area contributed by atoms with E-state index in [1.165, 1.54) is 180 Å². The first-order valence-electron chi connectivity index (χ1n) is 32.2. The second-order valence-corrected chi connectivity index (χ2v) is 22.2. The van der Waals surface area contributed by atoms with Crippen molar-refractivity contribution in [2.45, 2.75) is 333 Å². The lowest BCUT2D eigenvalue weighted by molar-refractivity contribution is -0.302. The molecule has 9 nitrogen and oxygen atoms in total. The van der Waals surface area contributed by atoms with Gasteiger partial charge in [-0.25, -0.2) is 0 Å². The topological polar surface area (TPSA) is 149 Å². The molecular formula is C67H121NO8. The standard InChI is InChI=1S/C67H121NO8/c1-3-5-7-9-11-13-15-17-19-21-23-25-26-27-28-29-30-31-32-33-34-35-37-38-40-42-44-46-48-50-52-54-56-61(70)60(59-75-67-66(74)65(73)64(72)62(58-69)76-67)68-63(71)57-55-53-51-49-47-45-43-41-39-36-24-22-20-18-16-14-12-10-8-6-4-2/h6,8,12,14,18,20,24,36,41,43,54,56,60-62,64-67,69-70,72-74H,3-5,7,9-11,13,15-17,19,21-23,25-35,37-40,42,44-53,55,57-59H2,1-2H3,(H,68,71)/b8-6-,14-12-,20-18-,36-24-,43-41-,56-54+. The molecule has 1 aliphatic rings. The molecule has 1 saturated heterocycles. The molecule has 1 heterocycles. The number of hydrogen-bond donors (Lipinski definition) is 6. The number of ether oxygens (including phenoxy) is 2. The van der Waals surface area contributed by atoms with Crippen molar-refractivity contribution in [1.29, 1.82) is 0 Å². The first-order chi connectivity index (χ1) is 37.3. The van der Waals surface area contributed by atoms with Gasteiger partial charge < -0.3 is 40.3 Å². The van der Waals surface area contributed by atoms with Gasteiger partial charge in [-0.1, -0.05) is 292 Å². The molecule has 0 aromatic rings. The summed E-state index contributed by atoms with van der Waals surface area (Å²) in [4.78, 5) is 13.1. The number of nitrogens with one attached hydrogen (secondary N) is 1. The third kappa shape index (κ3) is 44.5. The van der Waals surface area contributed by atoms with E-state index in [0.717, 1.165) is 89.9 Å². The number of allylic oxidation sites excluding steroid dienone is 11. The highest BCUT2D eigenvalue weighted by Gasteiger charge is 2.44. The molecule has 9 heteroatoms. The van der Waals surface area contributed by atoms with Crippen LogP contribution >= 0.6 is 0 Å². The van der Waals surface area contributed by atoms with E-state index in [2.05, 4.69) is 79.9 Å². The molecule has 7 unspecified atom stereocenters. The molecule has 442 valence electrons. The van der Waals surface area contributed by atoms with Crippen molar-refractivity contribution < 1.29 is 39.8 Å². The number of aliphatic hydroxyl groups is 5. The number of aliphatic hydroxyl groups excluding tert-OH is 5. The molecule has 0 spiro atoms. The average Bonchev–Trinajstić information content (AvgIpc) is 3.42. The summed E-state index contributed by atoms with van der Waals surface area (Å²) in [5.74, 6) is -0.195. The third-order valence-electron chi connectivity index (χ3n) is 15.0. The Morgan fingerprint density at radius 1 is 0.461 bits per heavy atom. The summed E-state index contributed by atoms with van der Waals surface area (Å²) >= 11 is 0. The van der Waals surface area contributed by atoms with Crippen molar-refractivity contribution in [2.24, 2.45) is 0 Å². The fraction of sp³-hybridized carbons (Fsp3) is 0.806. The van der Waals surface area contributed by atoms with Crippen LogP contribution < -0.4 is 5.32 Å². The molecule has 1 fully saturated rings. The zero-order valence-corrected chi connectivity index (χ0v) is 49.3. The van der Waals surface area contributed by atoms with E-state index in [1.807, 2.05) is 6.08 Å². The van der Waals surface area contributed by atoms with Crippen molar-refractivity contribution in [3.05, 3.63) is 72.9 Å². The maximum atomic E-state index is 13.1. The van der Waals surface area contributed by atoms with Crippen molar-refractivity contribution in [1.82, 2.24) is 5.32 Å². The fourth-order valence-corrected chi connectivity index (χ4v) is 10.0. The van der Waals surface area contributed by atoms with Crippen molar-refractivity contribution >= 4 is 5.91 Å². The summed E-state index contributed by atoms with van der Waals surface area (Å²) in [5.41, 5.74) is 0. The molecule has 1 amide bonds. The Balaban J connectivity index is 2.17. The Bertz CT molecular complexity index is 1420. The summed E-state index contributed by atoms with van der Waals surface area (Å²) in [6.45, 7) is 3.68. The van der Waals surface area contributed by atoms with Crippen molar-refractivity contribution in [3.8, 4) is 0 Å². The minimum absolute atomic E-state index is 0.195. The second kappa shape index (κ2) is 55.9. The first-order valence-corrected chi connectivity index (χ1v) is 32.2. The first kappa shape index (κ1) is 71.6. The Hall–Kier alpha value is -2.37. The summed E-state index contributed by atoms with van der Waals surface area (Å²) in [6.07, 6.45) is 71.3. The summed E-state index contributed by atoms with van der Waals surface area (Å²) < 4.78 is 11.3. The summed E-state index contributed by atoms with van der Waals surface area (Å²) in [5, 5.41) is 54.6. The highest BCUT2D eigenvalue weighted by atomic mass is 16.7. The maximum absolute atomic E-state index is 13.1. The van der Waals surface area contributed by atoms with Gasteiger partial charge in [0.05, 0.1) is 25.4 Å². The van der Waals surface area contributed by atoms with Gasteiger partial charge in [0.1, 0.15) is 24.4 Å². The normalized spacial score (nSPS) is 19.3. The summed E-state index contributed by atoms with van der Waals surface area (Å²) in [6, 6.07) is -0.821. The van der Waals surface area contributed by atoms with Crippen LogP contribution in [0, 0.1) is 0 Å². The van der Waals surface area contributed by atoms with Crippen LogP contribution in [-0.2, 0) is 14.3 Å². The smallest absolute Gasteiger partial charge is 0.220 e. The number of rotatable bonds is 55. The van der Waals surface area contributed by atoms with E-state index in [1.54, 1.807) is 6.08 Å². The molecule has 1 rings (SSSR count). The van der Waals surface area contributed by atoms with Gasteiger partial charge in [-0.3, -0.25) is 4.79 Å².